The van der Waals surface area contributed by atoms with Gasteiger partial charge in [-0.1, -0.05) is 19.9 Å². The van der Waals surface area contributed by atoms with Crippen LogP contribution in [-0.2, 0) is 12.8 Å². The first-order valence-electron chi connectivity index (χ1n) is 10.3. The number of rotatable bonds is 4. The summed E-state index contributed by atoms with van der Waals surface area (Å²) in [4.78, 5) is 13.1. The van der Waals surface area contributed by atoms with Gasteiger partial charge in [0.1, 0.15) is 17.3 Å². The van der Waals surface area contributed by atoms with Gasteiger partial charge in [0.25, 0.3) is 5.56 Å². The molecule has 5 heteroatoms. The number of pyridine rings is 1. The van der Waals surface area contributed by atoms with E-state index in [2.05, 4.69) is 0 Å². The molecule has 3 aromatic rings. The molecule has 0 N–H and O–H groups in total. The summed E-state index contributed by atoms with van der Waals surface area (Å²) >= 11 is 0. The predicted molar refractivity (Wildman–Crippen MR) is 119 cm³/mol. The Morgan fingerprint density at radius 1 is 0.933 bits per heavy atom. The third-order valence-electron chi connectivity index (χ3n) is 5.30. The molecule has 1 aromatic heterocycles. The molecule has 0 unspecified atom stereocenters. The molecule has 2 aromatic carbocycles. The lowest BCUT2D eigenvalue weighted by Crippen LogP contribution is -2.23. The molecule has 1 aliphatic carbocycles. The van der Waals surface area contributed by atoms with Crippen LogP contribution in [0.3, 0.4) is 0 Å². The Kier molecular flexibility index (Phi) is 6.60. The van der Waals surface area contributed by atoms with Crippen LogP contribution < -0.4 is 15.0 Å². The highest BCUT2D eigenvalue weighted by Gasteiger charge is 2.23. The summed E-state index contributed by atoms with van der Waals surface area (Å²) < 4.78 is 26.8. The van der Waals surface area contributed by atoms with Crippen molar-refractivity contribution in [3.63, 3.8) is 0 Å². The quantitative estimate of drug-likeness (QED) is 0.573. The normalized spacial score (nSPS) is 12.1. The number of aromatic nitrogens is 1. The van der Waals surface area contributed by atoms with Gasteiger partial charge in [-0.15, -0.1) is 0 Å². The van der Waals surface area contributed by atoms with Crippen molar-refractivity contribution in [2.24, 2.45) is 0 Å². The molecule has 0 atom stereocenters. The van der Waals surface area contributed by atoms with Gasteiger partial charge in [0.2, 0.25) is 0 Å². The highest BCUT2D eigenvalue weighted by Crippen LogP contribution is 2.35. The van der Waals surface area contributed by atoms with Crippen molar-refractivity contribution < 1.29 is 13.9 Å². The van der Waals surface area contributed by atoms with Crippen molar-refractivity contribution in [2.75, 3.05) is 14.2 Å². The number of hydrogen-bond donors (Lipinski definition) is 0. The number of fused-ring (bicyclic) bond motifs is 1. The van der Waals surface area contributed by atoms with Crippen molar-refractivity contribution in [1.82, 2.24) is 4.57 Å². The minimum Gasteiger partial charge on any atom is -0.497 e. The van der Waals surface area contributed by atoms with Crippen LogP contribution in [0, 0.1) is 12.7 Å². The Morgan fingerprint density at radius 3 is 2.20 bits per heavy atom. The van der Waals surface area contributed by atoms with Crippen molar-refractivity contribution in [3.8, 4) is 28.3 Å². The maximum Gasteiger partial charge on any atom is 0.258 e. The fourth-order valence-corrected chi connectivity index (χ4v) is 3.89. The van der Waals surface area contributed by atoms with Crippen molar-refractivity contribution in [2.45, 2.75) is 40.0 Å². The topological polar surface area (TPSA) is 40.5 Å². The average Bonchev–Trinajstić information content (AvgIpc) is 3.27. The summed E-state index contributed by atoms with van der Waals surface area (Å²) in [7, 11) is 3.21. The second-order valence-electron chi connectivity index (χ2n) is 7.08. The van der Waals surface area contributed by atoms with Crippen molar-refractivity contribution in [3.05, 3.63) is 75.5 Å². The molecule has 0 saturated heterocycles. The number of aryl methyl sites for hydroxylation is 1. The largest absolute Gasteiger partial charge is 0.497 e. The van der Waals surface area contributed by atoms with E-state index >= 15 is 0 Å². The Labute approximate surface area is 176 Å². The van der Waals surface area contributed by atoms with E-state index in [1.54, 1.807) is 38.6 Å². The van der Waals surface area contributed by atoms with Crippen LogP contribution in [0.25, 0.3) is 16.8 Å². The van der Waals surface area contributed by atoms with E-state index in [4.69, 9.17) is 9.47 Å². The molecule has 4 rings (SSSR count). The number of nitrogens with zero attached hydrogens (tertiary/aromatic N) is 1. The van der Waals surface area contributed by atoms with Crippen molar-refractivity contribution >= 4 is 0 Å². The fourth-order valence-electron chi connectivity index (χ4n) is 3.89. The zero-order valence-corrected chi connectivity index (χ0v) is 18.2. The highest BCUT2D eigenvalue weighted by molar-refractivity contribution is 5.72. The molecule has 158 valence electrons. The first-order chi connectivity index (χ1) is 14.5. The van der Waals surface area contributed by atoms with Crippen LogP contribution in [0.5, 0.6) is 11.5 Å². The molecular weight excluding hydrogens is 381 g/mol. The predicted octanol–water partition coefficient (Wildman–Crippen LogP) is 5.48. The monoisotopic (exact) mass is 409 g/mol. The number of ether oxygens (including phenoxy) is 2. The maximum atomic E-state index is 14.6. The second kappa shape index (κ2) is 9.16. The first kappa shape index (κ1) is 21.6. The number of hydrogen-bond acceptors (Lipinski definition) is 3. The molecular formula is C25H28FNO3. The molecule has 0 aliphatic heterocycles. The lowest BCUT2D eigenvalue weighted by atomic mass is 9.98. The lowest BCUT2D eigenvalue weighted by molar-refractivity contribution is 0.394. The fraction of sp³-hybridized carbons (Fsp3) is 0.320. The molecule has 30 heavy (non-hydrogen) atoms. The minimum atomic E-state index is -0.417. The molecule has 0 saturated carbocycles. The van der Waals surface area contributed by atoms with Gasteiger partial charge in [-0.3, -0.25) is 9.36 Å². The van der Waals surface area contributed by atoms with Crippen LogP contribution in [-0.4, -0.2) is 18.8 Å². The van der Waals surface area contributed by atoms with Crippen molar-refractivity contribution in [1.29, 1.82) is 0 Å². The Bertz CT molecular complexity index is 1100. The van der Waals surface area contributed by atoms with E-state index < -0.39 is 5.82 Å². The molecule has 0 fully saturated rings. The van der Waals surface area contributed by atoms with Crippen LogP contribution in [0.4, 0.5) is 4.39 Å². The second-order valence-corrected chi connectivity index (χ2v) is 7.08. The van der Waals surface area contributed by atoms with Gasteiger partial charge in [0.05, 0.1) is 19.9 Å². The molecule has 0 spiro atoms. The van der Waals surface area contributed by atoms with E-state index in [1.807, 2.05) is 32.9 Å². The molecule has 4 nitrogen and oxygen atoms in total. The Hall–Kier alpha value is -3.08. The smallest absolute Gasteiger partial charge is 0.258 e. The highest BCUT2D eigenvalue weighted by atomic mass is 19.1. The molecule has 1 heterocycles. The maximum absolute atomic E-state index is 14.6. The van der Waals surface area contributed by atoms with Gasteiger partial charge in [-0.05, 0) is 67.1 Å². The Balaban J connectivity index is 0.00000124. The lowest BCUT2D eigenvalue weighted by Gasteiger charge is -2.16. The first-order valence-corrected chi connectivity index (χ1v) is 10.3. The third kappa shape index (κ3) is 3.97. The summed E-state index contributed by atoms with van der Waals surface area (Å²) in [5, 5.41) is 0. The number of halogens is 1. The van der Waals surface area contributed by atoms with Gasteiger partial charge < -0.3 is 9.47 Å². The van der Waals surface area contributed by atoms with E-state index in [0.717, 1.165) is 40.7 Å². The molecule has 0 radical (unpaired) electrons. The summed E-state index contributed by atoms with van der Waals surface area (Å²) in [6.07, 6.45) is 4.20. The van der Waals surface area contributed by atoms with Crippen LogP contribution in [0.1, 0.15) is 37.0 Å². The van der Waals surface area contributed by atoms with E-state index in [9.17, 15) is 9.18 Å². The van der Waals surface area contributed by atoms with Crippen LogP contribution in [0.2, 0.25) is 0 Å². The summed E-state index contributed by atoms with van der Waals surface area (Å²) in [5.74, 6) is 0.918. The summed E-state index contributed by atoms with van der Waals surface area (Å²) in [6, 6.07) is 10.4. The Morgan fingerprint density at radius 2 is 1.57 bits per heavy atom. The minimum absolute atomic E-state index is 0.143. The van der Waals surface area contributed by atoms with Crippen LogP contribution >= 0.6 is 0 Å². The zero-order valence-electron chi connectivity index (χ0n) is 18.2. The van der Waals surface area contributed by atoms with E-state index in [-0.39, 0.29) is 11.2 Å². The number of methoxy groups -OCH3 is 2. The van der Waals surface area contributed by atoms with Gasteiger partial charge in [0.15, 0.2) is 0 Å². The SMILES string of the molecule is CC.COc1cc(OC)cc(-c2cn(-c3cc(C)ccc3F)c(=O)c3c2CCC3)c1. The van der Waals surface area contributed by atoms with Gasteiger partial charge in [-0.25, -0.2) is 4.39 Å². The average molecular weight is 410 g/mol. The zero-order chi connectivity index (χ0) is 21.8. The van der Waals surface area contributed by atoms with Gasteiger partial charge in [0, 0.05) is 23.4 Å². The van der Waals surface area contributed by atoms with E-state index in [0.29, 0.717) is 17.9 Å². The summed E-state index contributed by atoms with van der Waals surface area (Å²) in [5.41, 5.74) is 4.62. The molecule has 0 amide bonds. The third-order valence-corrected chi connectivity index (χ3v) is 5.30. The standard InChI is InChI=1S/C23H22FNO3.C2H6/c1-14-7-8-21(24)22(9-14)25-13-20(18-5-4-6-19(18)23(25)26)15-10-16(27-2)12-17(11-15)28-3;1-2/h7-13H,4-6H2,1-3H3;1-2H3. The van der Waals surface area contributed by atoms with Crippen LogP contribution in [0.15, 0.2) is 47.4 Å². The molecule has 0 bridgehead atoms. The summed E-state index contributed by atoms with van der Waals surface area (Å²) in [6.45, 7) is 5.88. The van der Waals surface area contributed by atoms with Gasteiger partial charge in [-0.2, -0.15) is 0 Å². The van der Waals surface area contributed by atoms with Gasteiger partial charge >= 0.3 is 0 Å². The molecule has 1 aliphatic rings. The number of benzene rings is 2. The van der Waals surface area contributed by atoms with E-state index in [1.165, 1.54) is 10.6 Å².